The summed E-state index contributed by atoms with van der Waals surface area (Å²) < 4.78 is 4.78. The van der Waals surface area contributed by atoms with Crippen LogP contribution in [0.3, 0.4) is 0 Å². The van der Waals surface area contributed by atoms with E-state index in [-0.39, 0.29) is 0 Å². The van der Waals surface area contributed by atoms with Crippen molar-refractivity contribution in [2.75, 3.05) is 0 Å². The van der Waals surface area contributed by atoms with Crippen molar-refractivity contribution in [1.29, 1.82) is 0 Å². The Hall–Kier alpha value is -0.800. The van der Waals surface area contributed by atoms with Crippen LogP contribution < -0.4 is 0 Å². The van der Waals surface area contributed by atoms with Gasteiger partial charge < -0.3 is 4.57 Å². The highest BCUT2D eigenvalue weighted by Gasteiger charge is 2.12. The predicted octanol–water partition coefficient (Wildman–Crippen LogP) is 8.17. The summed E-state index contributed by atoms with van der Waals surface area (Å²) in [5.74, 6) is 1.60. The lowest BCUT2D eigenvalue weighted by molar-refractivity contribution is 0.419. The zero-order valence-electron chi connectivity index (χ0n) is 15.4. The first-order valence-corrected chi connectivity index (χ1v) is 10.9. The van der Waals surface area contributed by atoms with E-state index in [1.54, 1.807) is 0 Å². The van der Waals surface area contributed by atoms with E-state index >= 15 is 0 Å². The smallest absolute Gasteiger partial charge is 0.0492 e. The van der Waals surface area contributed by atoms with Gasteiger partial charge in [0.05, 0.1) is 0 Å². The Labute approximate surface area is 168 Å². The third kappa shape index (κ3) is 4.49. The highest BCUT2D eigenvalue weighted by atomic mass is 79.9. The van der Waals surface area contributed by atoms with Crippen molar-refractivity contribution in [2.45, 2.75) is 53.0 Å². The minimum Gasteiger partial charge on any atom is -0.340 e. The van der Waals surface area contributed by atoms with Crippen LogP contribution >= 0.6 is 31.9 Å². The molecule has 1 heterocycles. The highest BCUT2D eigenvalue weighted by molar-refractivity contribution is 9.10. The van der Waals surface area contributed by atoms with Crippen molar-refractivity contribution < 1.29 is 0 Å². The maximum atomic E-state index is 3.63. The van der Waals surface area contributed by atoms with Crippen molar-refractivity contribution in [3.63, 3.8) is 0 Å². The first-order chi connectivity index (χ1) is 12.0. The molecule has 3 heteroatoms. The van der Waals surface area contributed by atoms with Gasteiger partial charge in [0, 0.05) is 37.3 Å². The quantitative estimate of drug-likeness (QED) is 0.332. The first-order valence-electron chi connectivity index (χ1n) is 9.32. The third-order valence-corrected chi connectivity index (χ3v) is 6.10. The summed E-state index contributed by atoms with van der Waals surface area (Å²) in [5, 5.41) is 2.66. The Morgan fingerprint density at radius 1 is 0.800 bits per heavy atom. The minimum absolute atomic E-state index is 0.775. The van der Waals surface area contributed by atoms with Crippen LogP contribution in [-0.2, 0) is 6.54 Å². The molecule has 0 aliphatic carbocycles. The summed E-state index contributed by atoms with van der Waals surface area (Å²) in [6.45, 7) is 8.13. The normalized spacial score (nSPS) is 13.2. The number of aryl methyl sites for hydroxylation is 1. The fourth-order valence-corrected chi connectivity index (χ4v) is 4.38. The molecule has 2 aromatic carbocycles. The number of nitrogens with zero attached hydrogens (tertiary/aromatic N) is 1. The van der Waals surface area contributed by atoms with Crippen LogP contribution in [0, 0.1) is 11.8 Å². The number of halogens is 2. The molecule has 0 saturated heterocycles. The lowest BCUT2D eigenvalue weighted by atomic mass is 9.97. The highest BCUT2D eigenvalue weighted by Crippen LogP contribution is 2.33. The molecule has 0 aliphatic rings. The summed E-state index contributed by atoms with van der Waals surface area (Å²) in [7, 11) is 0. The summed E-state index contributed by atoms with van der Waals surface area (Å²) in [4.78, 5) is 0. The van der Waals surface area contributed by atoms with Gasteiger partial charge in [-0.05, 0) is 54.7 Å². The average Bonchev–Trinajstić information content (AvgIpc) is 2.85. The van der Waals surface area contributed by atoms with E-state index in [9.17, 15) is 0 Å². The Kier molecular flexibility index (Phi) is 6.27. The Morgan fingerprint density at radius 2 is 1.36 bits per heavy atom. The van der Waals surface area contributed by atoms with Crippen LogP contribution in [0.1, 0.15) is 46.5 Å². The maximum Gasteiger partial charge on any atom is 0.0492 e. The van der Waals surface area contributed by atoms with E-state index in [1.807, 2.05) is 0 Å². The zero-order chi connectivity index (χ0) is 18.0. The second-order valence-electron chi connectivity index (χ2n) is 7.69. The van der Waals surface area contributed by atoms with Gasteiger partial charge in [-0.1, -0.05) is 71.9 Å². The van der Waals surface area contributed by atoms with Gasteiger partial charge in [-0.15, -0.1) is 0 Å². The number of hydrogen-bond acceptors (Lipinski definition) is 0. The Morgan fingerprint density at radius 3 is 1.88 bits per heavy atom. The molecule has 0 amide bonds. The van der Waals surface area contributed by atoms with Crippen molar-refractivity contribution >= 4 is 53.7 Å². The molecule has 1 atom stereocenters. The van der Waals surface area contributed by atoms with Gasteiger partial charge >= 0.3 is 0 Å². The SMILES string of the molecule is CC(C)CCC[C@H](C)CCn1c2ccc(Br)cc2c2cc(Br)ccc21. The molecule has 0 aliphatic heterocycles. The minimum atomic E-state index is 0.775. The summed E-state index contributed by atoms with van der Waals surface area (Å²) in [5.41, 5.74) is 2.68. The Balaban J connectivity index is 1.85. The van der Waals surface area contributed by atoms with Crippen molar-refractivity contribution in [1.82, 2.24) is 4.57 Å². The van der Waals surface area contributed by atoms with Crippen molar-refractivity contribution in [3.05, 3.63) is 45.3 Å². The molecule has 0 spiro atoms. The lowest BCUT2D eigenvalue weighted by Crippen LogP contribution is -2.04. The summed E-state index contributed by atoms with van der Waals surface area (Å²) in [6, 6.07) is 13.3. The monoisotopic (exact) mass is 463 g/mol. The standard InChI is InChI=1S/C22H27Br2N/c1-15(2)5-4-6-16(3)11-12-25-21-9-7-17(23)13-19(21)20-14-18(24)8-10-22(20)25/h7-10,13-16H,4-6,11-12H2,1-3H3/t16-/m0/s1. The number of hydrogen-bond donors (Lipinski definition) is 0. The molecule has 1 nitrogen and oxygen atoms in total. The van der Waals surface area contributed by atoms with Crippen LogP contribution in [-0.4, -0.2) is 4.57 Å². The van der Waals surface area contributed by atoms with Crippen LogP contribution in [0.4, 0.5) is 0 Å². The molecule has 25 heavy (non-hydrogen) atoms. The lowest BCUT2D eigenvalue weighted by Gasteiger charge is -2.14. The number of aromatic nitrogens is 1. The fourth-order valence-electron chi connectivity index (χ4n) is 3.66. The van der Waals surface area contributed by atoms with Gasteiger partial charge in [0.15, 0.2) is 0 Å². The summed E-state index contributed by atoms with van der Waals surface area (Å²) >= 11 is 7.25. The zero-order valence-corrected chi connectivity index (χ0v) is 18.5. The van der Waals surface area contributed by atoms with Gasteiger partial charge in [0.1, 0.15) is 0 Å². The second-order valence-corrected chi connectivity index (χ2v) is 9.52. The van der Waals surface area contributed by atoms with Gasteiger partial charge in [-0.3, -0.25) is 0 Å². The molecule has 0 radical (unpaired) electrons. The van der Waals surface area contributed by atoms with E-state index in [0.717, 1.165) is 27.3 Å². The van der Waals surface area contributed by atoms with Crippen molar-refractivity contribution in [3.8, 4) is 0 Å². The molecule has 3 rings (SSSR count). The molecule has 0 bridgehead atoms. The third-order valence-electron chi connectivity index (χ3n) is 5.11. The number of fused-ring (bicyclic) bond motifs is 3. The maximum absolute atomic E-state index is 3.63. The van der Waals surface area contributed by atoms with Crippen LogP contribution in [0.2, 0.25) is 0 Å². The molecule has 1 aromatic heterocycles. The topological polar surface area (TPSA) is 4.93 Å². The van der Waals surface area contributed by atoms with Crippen molar-refractivity contribution in [2.24, 2.45) is 11.8 Å². The molecule has 3 aromatic rings. The fraction of sp³-hybridized carbons (Fsp3) is 0.455. The van der Waals surface area contributed by atoms with Gasteiger partial charge in [-0.25, -0.2) is 0 Å². The van der Waals surface area contributed by atoms with Gasteiger partial charge in [0.2, 0.25) is 0 Å². The number of benzene rings is 2. The largest absolute Gasteiger partial charge is 0.340 e. The molecule has 0 fully saturated rings. The average molecular weight is 465 g/mol. The molecular weight excluding hydrogens is 438 g/mol. The van der Waals surface area contributed by atoms with Gasteiger partial charge in [0.25, 0.3) is 0 Å². The van der Waals surface area contributed by atoms with Gasteiger partial charge in [-0.2, -0.15) is 0 Å². The molecule has 0 N–H and O–H groups in total. The first kappa shape index (κ1) is 19.0. The molecule has 0 saturated carbocycles. The number of rotatable bonds is 7. The van der Waals surface area contributed by atoms with E-state index in [4.69, 9.17) is 0 Å². The second kappa shape index (κ2) is 8.26. The van der Waals surface area contributed by atoms with Crippen LogP contribution in [0.15, 0.2) is 45.3 Å². The molecule has 134 valence electrons. The van der Waals surface area contributed by atoms with E-state index in [1.165, 1.54) is 47.5 Å². The Bertz CT molecular complexity index is 804. The predicted molar refractivity (Wildman–Crippen MR) is 117 cm³/mol. The molecular formula is C22H27Br2N. The van der Waals surface area contributed by atoms with E-state index in [2.05, 4.69) is 93.6 Å². The summed E-state index contributed by atoms with van der Waals surface area (Å²) in [6.07, 6.45) is 5.28. The van der Waals surface area contributed by atoms with E-state index < -0.39 is 0 Å². The van der Waals surface area contributed by atoms with Crippen LogP contribution in [0.25, 0.3) is 21.8 Å². The van der Waals surface area contributed by atoms with E-state index in [0.29, 0.717) is 0 Å². The van der Waals surface area contributed by atoms with Crippen LogP contribution in [0.5, 0.6) is 0 Å². The molecule has 0 unspecified atom stereocenters.